The Labute approximate surface area is 175 Å². The average molecular weight is 406 g/mol. The largest absolute Gasteiger partial charge is 0.493 e. The van der Waals surface area contributed by atoms with Crippen LogP contribution in [0.2, 0.25) is 0 Å². The molecule has 0 radical (unpaired) electrons. The molecule has 3 rings (SSSR count). The number of hydrogen-bond donors (Lipinski definition) is 2. The molecule has 2 aromatic rings. The van der Waals surface area contributed by atoms with Gasteiger partial charge in [0.2, 0.25) is 0 Å². The van der Waals surface area contributed by atoms with Crippen molar-refractivity contribution in [3.05, 3.63) is 71.7 Å². The van der Waals surface area contributed by atoms with E-state index < -0.39 is 0 Å². The Morgan fingerprint density at radius 3 is 2.67 bits per heavy atom. The standard InChI is InChI=1S/C23H23FN4O2/c1-15-3-4-16(13-28-15)9-10-27-23(26)20-11-18(17-5-7-19(24)8-6-17)12-21(29-2)22(20)30-14-25/h3-8,11-13,15,28H,9-10H2,1-2H3,(H2,26,27). The maximum absolute atomic E-state index is 13.3. The minimum atomic E-state index is -0.327. The molecule has 1 aliphatic heterocycles. The third-order valence-corrected chi connectivity index (χ3v) is 4.69. The van der Waals surface area contributed by atoms with Crippen molar-refractivity contribution < 1.29 is 13.9 Å². The van der Waals surface area contributed by atoms with Gasteiger partial charge in [-0.15, -0.1) is 5.26 Å². The van der Waals surface area contributed by atoms with Crippen molar-refractivity contribution in [2.75, 3.05) is 13.7 Å². The molecule has 7 heteroatoms. The molecule has 0 fully saturated rings. The second kappa shape index (κ2) is 9.61. The monoisotopic (exact) mass is 406 g/mol. The van der Waals surface area contributed by atoms with Crippen molar-refractivity contribution in [2.45, 2.75) is 19.4 Å². The van der Waals surface area contributed by atoms with Crippen molar-refractivity contribution in [3.63, 3.8) is 0 Å². The molecular weight excluding hydrogens is 383 g/mol. The summed E-state index contributed by atoms with van der Waals surface area (Å²) in [5.41, 5.74) is 9.32. The van der Waals surface area contributed by atoms with Crippen LogP contribution < -0.4 is 20.5 Å². The normalized spacial score (nSPS) is 15.7. The predicted molar refractivity (Wildman–Crippen MR) is 115 cm³/mol. The molecule has 1 aliphatic rings. The molecule has 1 unspecified atom stereocenters. The number of dihydropyridines is 1. The quantitative estimate of drug-likeness (QED) is 0.413. The zero-order valence-corrected chi connectivity index (χ0v) is 16.9. The molecule has 0 aliphatic carbocycles. The fourth-order valence-corrected chi connectivity index (χ4v) is 3.06. The van der Waals surface area contributed by atoms with E-state index in [1.54, 1.807) is 30.5 Å². The molecule has 0 saturated carbocycles. The van der Waals surface area contributed by atoms with E-state index in [0.29, 0.717) is 30.3 Å². The minimum absolute atomic E-state index is 0.194. The van der Waals surface area contributed by atoms with Gasteiger partial charge in [-0.1, -0.05) is 24.3 Å². The number of nitrogens with two attached hydrogens (primary N) is 1. The smallest absolute Gasteiger partial charge is 0.292 e. The summed E-state index contributed by atoms with van der Waals surface area (Å²) in [6, 6.07) is 9.84. The van der Waals surface area contributed by atoms with Gasteiger partial charge in [-0.25, -0.2) is 4.39 Å². The van der Waals surface area contributed by atoms with Gasteiger partial charge < -0.3 is 20.5 Å². The summed E-state index contributed by atoms with van der Waals surface area (Å²) in [7, 11) is 1.47. The van der Waals surface area contributed by atoms with Gasteiger partial charge in [-0.2, -0.15) is 0 Å². The Morgan fingerprint density at radius 2 is 2.03 bits per heavy atom. The molecule has 0 saturated heterocycles. The number of amidine groups is 1. The molecule has 30 heavy (non-hydrogen) atoms. The fourth-order valence-electron chi connectivity index (χ4n) is 3.06. The highest BCUT2D eigenvalue weighted by Crippen LogP contribution is 2.36. The number of nitriles is 1. The molecule has 2 aromatic carbocycles. The zero-order chi connectivity index (χ0) is 21.5. The Hall–Kier alpha value is -3.79. The number of nitrogens with one attached hydrogen (secondary N) is 1. The first-order valence-corrected chi connectivity index (χ1v) is 9.49. The Morgan fingerprint density at radius 1 is 1.27 bits per heavy atom. The third-order valence-electron chi connectivity index (χ3n) is 4.69. The SMILES string of the molecule is COc1cc(-c2ccc(F)cc2)cc(C(N)=NCCC2=CNC(C)C=C2)c1OC#N. The van der Waals surface area contributed by atoms with E-state index in [2.05, 4.69) is 29.4 Å². The van der Waals surface area contributed by atoms with Crippen LogP contribution in [-0.2, 0) is 0 Å². The van der Waals surface area contributed by atoms with E-state index in [-0.39, 0.29) is 17.4 Å². The minimum Gasteiger partial charge on any atom is -0.493 e. The molecule has 6 nitrogen and oxygen atoms in total. The summed E-state index contributed by atoms with van der Waals surface area (Å²) in [6.45, 7) is 2.53. The summed E-state index contributed by atoms with van der Waals surface area (Å²) in [6.07, 6.45) is 8.49. The van der Waals surface area contributed by atoms with Crippen LogP contribution in [0.4, 0.5) is 4.39 Å². The maximum Gasteiger partial charge on any atom is 0.292 e. The van der Waals surface area contributed by atoms with E-state index in [9.17, 15) is 4.39 Å². The number of halogens is 1. The van der Waals surface area contributed by atoms with E-state index in [1.807, 2.05) is 6.20 Å². The van der Waals surface area contributed by atoms with Gasteiger partial charge in [0.05, 0.1) is 12.7 Å². The van der Waals surface area contributed by atoms with Crippen LogP contribution in [-0.4, -0.2) is 25.5 Å². The predicted octanol–water partition coefficient (Wildman–Crippen LogP) is 3.89. The van der Waals surface area contributed by atoms with Gasteiger partial charge in [-0.05, 0) is 54.3 Å². The lowest BCUT2D eigenvalue weighted by atomic mass is 10.0. The van der Waals surface area contributed by atoms with Crippen LogP contribution in [0.3, 0.4) is 0 Å². The van der Waals surface area contributed by atoms with Crippen LogP contribution in [0.1, 0.15) is 18.9 Å². The Balaban J connectivity index is 1.92. The van der Waals surface area contributed by atoms with Crippen LogP contribution in [0.15, 0.2) is 65.3 Å². The number of aliphatic imine (C=N–C) groups is 1. The summed E-state index contributed by atoms with van der Waals surface area (Å²) < 4.78 is 23.8. The molecule has 1 heterocycles. The second-order valence-electron chi connectivity index (χ2n) is 6.81. The highest BCUT2D eigenvalue weighted by molar-refractivity contribution is 6.02. The van der Waals surface area contributed by atoms with Crippen molar-refractivity contribution >= 4 is 5.84 Å². The first-order chi connectivity index (χ1) is 14.5. The van der Waals surface area contributed by atoms with Gasteiger partial charge in [0.1, 0.15) is 11.7 Å². The molecule has 0 aromatic heterocycles. The molecule has 0 bridgehead atoms. The highest BCUT2D eigenvalue weighted by atomic mass is 19.1. The third kappa shape index (κ3) is 4.97. The van der Waals surface area contributed by atoms with Gasteiger partial charge in [0, 0.05) is 18.8 Å². The Bertz CT molecular complexity index is 1040. The van der Waals surface area contributed by atoms with Crippen LogP contribution in [0.25, 0.3) is 11.1 Å². The number of methoxy groups -OCH3 is 1. The topological polar surface area (TPSA) is 92.7 Å². The molecule has 154 valence electrons. The summed E-state index contributed by atoms with van der Waals surface area (Å²) in [5, 5.41) is 12.3. The maximum atomic E-state index is 13.3. The van der Waals surface area contributed by atoms with E-state index in [0.717, 1.165) is 16.7 Å². The van der Waals surface area contributed by atoms with Crippen molar-refractivity contribution in [3.8, 4) is 28.9 Å². The molecule has 1 atom stereocenters. The van der Waals surface area contributed by atoms with Crippen LogP contribution in [0.5, 0.6) is 11.5 Å². The number of rotatable bonds is 7. The number of ether oxygens (including phenoxy) is 2. The van der Waals surface area contributed by atoms with Crippen LogP contribution >= 0.6 is 0 Å². The van der Waals surface area contributed by atoms with E-state index in [4.69, 9.17) is 20.5 Å². The number of allylic oxidation sites excluding steroid dienone is 1. The molecule has 0 amide bonds. The second-order valence-corrected chi connectivity index (χ2v) is 6.81. The molecule has 0 spiro atoms. The first-order valence-electron chi connectivity index (χ1n) is 9.49. The zero-order valence-electron chi connectivity index (χ0n) is 16.9. The van der Waals surface area contributed by atoms with Crippen molar-refractivity contribution in [1.82, 2.24) is 5.32 Å². The first kappa shape index (κ1) is 20.9. The number of hydrogen-bond acceptors (Lipinski definition) is 5. The van der Waals surface area contributed by atoms with Gasteiger partial charge in [0.15, 0.2) is 11.5 Å². The van der Waals surface area contributed by atoms with Gasteiger partial charge >= 0.3 is 0 Å². The Kier molecular flexibility index (Phi) is 6.71. The number of benzene rings is 2. The van der Waals surface area contributed by atoms with Crippen molar-refractivity contribution in [1.29, 1.82) is 5.26 Å². The van der Waals surface area contributed by atoms with Gasteiger partial charge in [0.25, 0.3) is 6.26 Å². The molecule has 3 N–H and O–H groups in total. The lowest BCUT2D eigenvalue weighted by Gasteiger charge is -2.15. The fraction of sp³-hybridized carbons (Fsp3) is 0.217. The molecular formula is C23H23FN4O2. The summed E-state index contributed by atoms with van der Waals surface area (Å²) in [4.78, 5) is 4.46. The van der Waals surface area contributed by atoms with E-state index in [1.165, 1.54) is 19.2 Å². The summed E-state index contributed by atoms with van der Waals surface area (Å²) in [5.74, 6) is 0.428. The summed E-state index contributed by atoms with van der Waals surface area (Å²) >= 11 is 0. The van der Waals surface area contributed by atoms with E-state index >= 15 is 0 Å². The van der Waals surface area contributed by atoms with Crippen molar-refractivity contribution in [2.24, 2.45) is 10.7 Å². The average Bonchev–Trinajstić information content (AvgIpc) is 2.76. The lowest BCUT2D eigenvalue weighted by molar-refractivity contribution is 0.384. The lowest BCUT2D eigenvalue weighted by Crippen LogP contribution is -2.21. The van der Waals surface area contributed by atoms with Crippen LogP contribution in [0, 0.1) is 17.3 Å². The van der Waals surface area contributed by atoms with Gasteiger partial charge in [-0.3, -0.25) is 4.99 Å². The highest BCUT2D eigenvalue weighted by Gasteiger charge is 2.17. The number of nitrogens with zero attached hydrogens (tertiary/aromatic N) is 2.